The van der Waals surface area contributed by atoms with Crippen LogP contribution < -0.4 is 0 Å². The first kappa shape index (κ1) is 21.4. The summed E-state index contributed by atoms with van der Waals surface area (Å²) in [5.74, 6) is 0. The third-order valence-corrected chi connectivity index (χ3v) is 6.43. The lowest BCUT2D eigenvalue weighted by molar-refractivity contribution is 0.565. The molecule has 0 radical (unpaired) electrons. The maximum Gasteiger partial charge on any atom is 0.678 e. The van der Waals surface area contributed by atoms with Gasteiger partial charge in [-0.2, -0.15) is 0 Å². The summed E-state index contributed by atoms with van der Waals surface area (Å²) in [6.45, 7) is 0. The third kappa shape index (κ3) is 3.45. The van der Waals surface area contributed by atoms with Gasteiger partial charge in [0.2, 0.25) is 0 Å². The average Bonchev–Trinajstić information content (AvgIpc) is 3.40. The van der Waals surface area contributed by atoms with Gasteiger partial charge in [-0.1, -0.05) is 72.8 Å². The maximum absolute atomic E-state index is 14.6. The summed E-state index contributed by atoms with van der Waals surface area (Å²) in [5.41, 5.74) is 7.18. The smallest absolute Gasteiger partial charge is 0.382 e. The van der Waals surface area contributed by atoms with Gasteiger partial charge >= 0.3 is 7.40 Å². The van der Waals surface area contributed by atoms with Crippen LogP contribution in [-0.4, -0.2) is 36.6 Å². The normalized spacial score (nSPS) is 13.9. The van der Waals surface area contributed by atoms with Crippen LogP contribution in [0.3, 0.4) is 0 Å². The minimum atomic E-state index is -2.69. The maximum atomic E-state index is 14.6. The molecule has 0 N–H and O–H groups in total. The second-order valence-corrected chi connectivity index (χ2v) is 8.93. The molecule has 0 saturated heterocycles. The van der Waals surface area contributed by atoms with Gasteiger partial charge in [0.25, 0.3) is 0 Å². The Labute approximate surface area is 202 Å². The number of nitrogens with zero attached hydrogens (tertiary/aromatic N) is 3. The van der Waals surface area contributed by atoms with E-state index in [1.54, 1.807) is 12.1 Å². The first-order valence-corrected chi connectivity index (χ1v) is 11.5. The van der Waals surface area contributed by atoms with E-state index < -0.39 is 7.40 Å². The minimum Gasteiger partial charge on any atom is -0.382 e. The molecule has 170 valence electrons. The Morgan fingerprint density at radius 1 is 0.743 bits per heavy atom. The summed E-state index contributed by atoms with van der Waals surface area (Å²) in [5, 5.41) is 1.60. The highest BCUT2D eigenvalue weighted by molar-refractivity contribution is 6.46. The summed E-state index contributed by atoms with van der Waals surface area (Å²) in [4.78, 5) is 6.95. The fourth-order valence-electron chi connectivity index (χ4n) is 5.01. The van der Waals surface area contributed by atoms with E-state index in [-0.39, 0.29) is 0 Å². The SMILES string of the molecule is CN(C)/C=C1\N=C(c2cc(-c3ccccc3)cc3c4ccccc4n(B(F)F)c23)c2ccccc21. The highest BCUT2D eigenvalue weighted by Gasteiger charge is 2.30. The standard InChI is InChI=1S/C29H22BF2N3/c1-34(2)18-26-21-12-6-7-14-23(21)28(33-26)25-17-20(19-10-4-3-5-11-19)16-24-22-13-8-9-15-27(22)35(29(24)25)30(31)32/h3-18H,1-2H3/b26-18-. The summed E-state index contributed by atoms with van der Waals surface area (Å²) < 4.78 is 30.3. The van der Waals surface area contributed by atoms with Gasteiger partial charge in [0, 0.05) is 53.3 Å². The number of hydrogen-bond donors (Lipinski definition) is 0. The molecular weight excluding hydrogens is 439 g/mol. The van der Waals surface area contributed by atoms with Crippen molar-refractivity contribution in [3.05, 3.63) is 114 Å². The molecule has 6 heteroatoms. The quantitative estimate of drug-likeness (QED) is 0.266. The Morgan fingerprint density at radius 2 is 1.43 bits per heavy atom. The number of benzene rings is 4. The van der Waals surface area contributed by atoms with E-state index >= 15 is 0 Å². The average molecular weight is 461 g/mol. The van der Waals surface area contributed by atoms with Crippen LogP contribution >= 0.6 is 0 Å². The molecule has 4 aromatic carbocycles. The summed E-state index contributed by atoms with van der Waals surface area (Å²) in [6.07, 6.45) is 1.97. The van der Waals surface area contributed by atoms with E-state index in [9.17, 15) is 8.63 Å². The van der Waals surface area contributed by atoms with E-state index in [1.807, 2.05) is 104 Å². The zero-order chi connectivity index (χ0) is 24.1. The molecule has 35 heavy (non-hydrogen) atoms. The summed E-state index contributed by atoms with van der Waals surface area (Å²) in [6, 6.07) is 29.4. The zero-order valence-electron chi connectivity index (χ0n) is 19.4. The van der Waals surface area contributed by atoms with Crippen molar-refractivity contribution in [3.63, 3.8) is 0 Å². The largest absolute Gasteiger partial charge is 0.678 e. The molecule has 1 aliphatic heterocycles. The fraction of sp³-hybridized carbons (Fsp3) is 0.0690. The Kier molecular flexibility index (Phi) is 5.03. The van der Waals surface area contributed by atoms with E-state index in [2.05, 4.69) is 0 Å². The lowest BCUT2D eigenvalue weighted by Gasteiger charge is -2.12. The number of fused-ring (bicyclic) bond motifs is 4. The molecule has 0 aliphatic carbocycles. The van der Waals surface area contributed by atoms with Crippen LogP contribution in [0.1, 0.15) is 16.7 Å². The van der Waals surface area contributed by atoms with Crippen LogP contribution in [0.2, 0.25) is 0 Å². The Hall–Kier alpha value is -4.19. The van der Waals surface area contributed by atoms with Crippen LogP contribution in [-0.2, 0) is 0 Å². The Balaban J connectivity index is 1.76. The predicted octanol–water partition coefficient (Wildman–Crippen LogP) is 6.94. The predicted molar refractivity (Wildman–Crippen MR) is 142 cm³/mol. The first-order valence-electron chi connectivity index (χ1n) is 11.5. The molecule has 2 heterocycles. The highest BCUT2D eigenvalue weighted by Crippen LogP contribution is 2.40. The molecule has 6 rings (SSSR count). The van der Waals surface area contributed by atoms with Crippen LogP contribution in [0.25, 0.3) is 38.6 Å². The number of halogens is 2. The molecule has 0 fully saturated rings. The van der Waals surface area contributed by atoms with Crippen molar-refractivity contribution in [1.82, 2.24) is 9.38 Å². The van der Waals surface area contributed by atoms with Crippen molar-refractivity contribution < 1.29 is 8.63 Å². The van der Waals surface area contributed by atoms with Crippen LogP contribution in [0.5, 0.6) is 0 Å². The molecule has 0 bridgehead atoms. The highest BCUT2D eigenvalue weighted by atomic mass is 19.2. The first-order chi connectivity index (χ1) is 17.0. The molecule has 0 saturated carbocycles. The van der Waals surface area contributed by atoms with Gasteiger partial charge in [0.15, 0.2) is 0 Å². The molecule has 1 aliphatic rings. The van der Waals surface area contributed by atoms with Gasteiger partial charge in [-0.15, -0.1) is 0 Å². The Morgan fingerprint density at radius 3 is 2.17 bits per heavy atom. The van der Waals surface area contributed by atoms with Gasteiger partial charge in [-0.3, -0.25) is 8.63 Å². The van der Waals surface area contributed by atoms with Gasteiger partial charge in [-0.05, 0) is 29.3 Å². The molecule has 0 amide bonds. The summed E-state index contributed by atoms with van der Waals surface area (Å²) >= 11 is 0. The molecule has 0 unspecified atom stereocenters. The second kappa shape index (κ2) is 8.24. The lowest BCUT2D eigenvalue weighted by atomic mass is 9.93. The number of para-hydroxylation sites is 1. The molecule has 1 aromatic heterocycles. The van der Waals surface area contributed by atoms with Gasteiger partial charge < -0.3 is 9.38 Å². The van der Waals surface area contributed by atoms with E-state index in [1.165, 1.54) is 0 Å². The van der Waals surface area contributed by atoms with E-state index in [0.717, 1.165) is 43.2 Å². The zero-order valence-corrected chi connectivity index (χ0v) is 19.4. The third-order valence-electron chi connectivity index (χ3n) is 6.43. The van der Waals surface area contributed by atoms with Crippen LogP contribution in [0, 0.1) is 0 Å². The molecule has 0 atom stereocenters. The van der Waals surface area contributed by atoms with Crippen molar-refractivity contribution in [2.45, 2.75) is 0 Å². The topological polar surface area (TPSA) is 20.5 Å². The monoisotopic (exact) mass is 461 g/mol. The number of aromatic nitrogens is 1. The van der Waals surface area contributed by atoms with Gasteiger partial charge in [0.1, 0.15) is 0 Å². The van der Waals surface area contributed by atoms with E-state index in [4.69, 9.17) is 4.99 Å². The summed E-state index contributed by atoms with van der Waals surface area (Å²) in [7, 11) is 1.21. The number of hydrogen-bond acceptors (Lipinski definition) is 2. The van der Waals surface area contributed by atoms with Crippen molar-refractivity contribution in [2.75, 3.05) is 14.1 Å². The number of rotatable bonds is 4. The van der Waals surface area contributed by atoms with Crippen molar-refractivity contribution in [1.29, 1.82) is 0 Å². The van der Waals surface area contributed by atoms with Crippen molar-refractivity contribution in [3.8, 4) is 11.1 Å². The van der Waals surface area contributed by atoms with Crippen molar-refractivity contribution >= 4 is 40.6 Å². The van der Waals surface area contributed by atoms with Crippen molar-refractivity contribution in [2.24, 2.45) is 4.99 Å². The van der Waals surface area contributed by atoms with Crippen LogP contribution in [0.15, 0.2) is 102 Å². The van der Waals surface area contributed by atoms with Gasteiger partial charge in [0.05, 0.1) is 16.9 Å². The molecular formula is C29H22BF2N3. The molecule has 5 aromatic rings. The second-order valence-electron chi connectivity index (χ2n) is 8.93. The molecule has 0 spiro atoms. The van der Waals surface area contributed by atoms with E-state index in [0.29, 0.717) is 22.3 Å². The lowest BCUT2D eigenvalue weighted by Crippen LogP contribution is -2.15. The van der Waals surface area contributed by atoms with Crippen LogP contribution in [0.4, 0.5) is 8.63 Å². The number of aliphatic imine (C=N–C) groups is 1. The Bertz CT molecular complexity index is 1650. The minimum absolute atomic E-state index is 0.500. The fourth-order valence-corrected chi connectivity index (χ4v) is 5.01. The molecule has 3 nitrogen and oxygen atoms in total. The van der Waals surface area contributed by atoms with Gasteiger partial charge in [-0.25, -0.2) is 4.99 Å².